The minimum absolute atomic E-state index is 0.126. The van der Waals surface area contributed by atoms with E-state index in [0.717, 1.165) is 51.6 Å². The smallest absolute Gasteiger partial charge is 0.225 e. The average molecular weight is 328 g/mol. The number of amides is 2. The molecule has 1 aromatic rings. The van der Waals surface area contributed by atoms with Crippen LogP contribution in [0.4, 0.5) is 0 Å². The van der Waals surface area contributed by atoms with Gasteiger partial charge in [-0.3, -0.25) is 9.59 Å². The highest BCUT2D eigenvalue weighted by atomic mass is 16.2. The molecule has 0 atom stereocenters. The summed E-state index contributed by atoms with van der Waals surface area (Å²) in [5, 5.41) is 3.14. The molecule has 1 aliphatic carbocycles. The van der Waals surface area contributed by atoms with Gasteiger partial charge >= 0.3 is 0 Å². The molecule has 0 radical (unpaired) electrons. The van der Waals surface area contributed by atoms with E-state index in [9.17, 15) is 9.59 Å². The van der Waals surface area contributed by atoms with Gasteiger partial charge in [-0.15, -0.1) is 0 Å². The van der Waals surface area contributed by atoms with Crippen LogP contribution in [0.5, 0.6) is 0 Å². The minimum Gasteiger partial charge on any atom is -0.353 e. The lowest BCUT2D eigenvalue weighted by molar-refractivity contribution is -0.133. The van der Waals surface area contributed by atoms with E-state index < -0.39 is 0 Å². The Kier molecular flexibility index (Phi) is 5.54. The second kappa shape index (κ2) is 7.82. The normalized spacial score (nSPS) is 18.5. The molecule has 0 aromatic heterocycles. The van der Waals surface area contributed by atoms with Gasteiger partial charge in [0.1, 0.15) is 0 Å². The highest BCUT2D eigenvalue weighted by molar-refractivity contribution is 5.81. The first-order valence-corrected chi connectivity index (χ1v) is 9.31. The number of aryl methyl sites for hydroxylation is 2. The number of carbonyl (C=O) groups excluding carboxylic acids is 2. The van der Waals surface area contributed by atoms with Crippen LogP contribution in [0.2, 0.25) is 0 Å². The lowest BCUT2D eigenvalue weighted by atomic mass is 10.0. The van der Waals surface area contributed by atoms with Gasteiger partial charge < -0.3 is 10.2 Å². The summed E-state index contributed by atoms with van der Waals surface area (Å²) in [5.74, 6) is 0.757. The summed E-state index contributed by atoms with van der Waals surface area (Å²) in [6, 6.07) is 8.74. The minimum atomic E-state index is 0.126. The van der Waals surface area contributed by atoms with Crippen LogP contribution in [-0.4, -0.2) is 35.8 Å². The van der Waals surface area contributed by atoms with Crippen LogP contribution < -0.4 is 5.32 Å². The zero-order valence-corrected chi connectivity index (χ0v) is 14.6. The molecule has 0 bridgehead atoms. The molecule has 4 nitrogen and oxygen atoms in total. The number of hydrogen-bond acceptors (Lipinski definition) is 2. The molecular weight excluding hydrogens is 300 g/mol. The first kappa shape index (κ1) is 17.0. The van der Waals surface area contributed by atoms with Gasteiger partial charge in [0.2, 0.25) is 11.8 Å². The second-order valence-electron chi connectivity index (χ2n) is 7.11. The van der Waals surface area contributed by atoms with Gasteiger partial charge in [-0.05, 0) is 49.7 Å². The molecule has 2 aliphatic rings. The van der Waals surface area contributed by atoms with Gasteiger partial charge in [-0.25, -0.2) is 0 Å². The van der Waals surface area contributed by atoms with Crippen LogP contribution in [0.1, 0.15) is 50.2 Å². The standard InChI is InChI=1S/C20H28N2O2/c1-2-15-3-5-16(6-4-15)7-10-19(23)21-18-11-13-22(14-12-18)20(24)17-8-9-17/h3-6,17-18H,2,7-14H2,1H3,(H,21,23). The van der Waals surface area contributed by atoms with Crippen molar-refractivity contribution in [1.29, 1.82) is 0 Å². The summed E-state index contributed by atoms with van der Waals surface area (Å²) in [5.41, 5.74) is 2.54. The van der Waals surface area contributed by atoms with Crippen molar-refractivity contribution in [3.63, 3.8) is 0 Å². The van der Waals surface area contributed by atoms with Gasteiger partial charge in [-0.2, -0.15) is 0 Å². The summed E-state index contributed by atoms with van der Waals surface area (Å²) in [7, 11) is 0. The van der Waals surface area contributed by atoms with E-state index in [-0.39, 0.29) is 11.9 Å². The zero-order chi connectivity index (χ0) is 16.9. The number of piperidine rings is 1. The lowest BCUT2D eigenvalue weighted by Gasteiger charge is -2.32. The molecule has 1 aromatic carbocycles. The molecule has 24 heavy (non-hydrogen) atoms. The van der Waals surface area contributed by atoms with E-state index in [1.54, 1.807) is 0 Å². The predicted octanol–water partition coefficient (Wildman–Crippen LogP) is 2.70. The fourth-order valence-corrected chi connectivity index (χ4v) is 3.33. The Morgan fingerprint density at radius 2 is 1.67 bits per heavy atom. The first-order chi connectivity index (χ1) is 11.7. The van der Waals surface area contributed by atoms with Gasteiger partial charge in [-0.1, -0.05) is 31.2 Å². The predicted molar refractivity (Wildman–Crippen MR) is 94.6 cm³/mol. The van der Waals surface area contributed by atoms with Crippen molar-refractivity contribution in [2.75, 3.05) is 13.1 Å². The lowest BCUT2D eigenvalue weighted by Crippen LogP contribution is -2.47. The Hall–Kier alpha value is -1.84. The Labute approximate surface area is 144 Å². The van der Waals surface area contributed by atoms with E-state index in [2.05, 4.69) is 36.5 Å². The van der Waals surface area contributed by atoms with E-state index in [1.807, 2.05) is 4.90 Å². The summed E-state index contributed by atoms with van der Waals surface area (Å²) in [6.45, 7) is 3.73. The third kappa shape index (κ3) is 4.59. The van der Waals surface area contributed by atoms with Gasteiger partial charge in [0.15, 0.2) is 0 Å². The SMILES string of the molecule is CCc1ccc(CCC(=O)NC2CCN(C(=O)C3CC3)CC2)cc1. The van der Waals surface area contributed by atoms with Crippen LogP contribution in [0.25, 0.3) is 0 Å². The quantitative estimate of drug-likeness (QED) is 0.873. The maximum Gasteiger partial charge on any atom is 0.225 e. The van der Waals surface area contributed by atoms with Crippen molar-refractivity contribution in [1.82, 2.24) is 10.2 Å². The summed E-state index contributed by atoms with van der Waals surface area (Å²) < 4.78 is 0. The highest BCUT2D eigenvalue weighted by Crippen LogP contribution is 2.31. The maximum absolute atomic E-state index is 12.1. The maximum atomic E-state index is 12.1. The molecular formula is C20H28N2O2. The summed E-state index contributed by atoms with van der Waals surface area (Å²) in [4.78, 5) is 26.2. The molecule has 0 spiro atoms. The van der Waals surface area contributed by atoms with Crippen molar-refractivity contribution in [2.45, 2.75) is 57.9 Å². The van der Waals surface area contributed by atoms with Gasteiger partial charge in [0.05, 0.1) is 0 Å². The van der Waals surface area contributed by atoms with Crippen molar-refractivity contribution in [3.8, 4) is 0 Å². The molecule has 2 fully saturated rings. The second-order valence-corrected chi connectivity index (χ2v) is 7.11. The van der Waals surface area contributed by atoms with Crippen LogP contribution in [0.3, 0.4) is 0 Å². The Morgan fingerprint density at radius 3 is 2.25 bits per heavy atom. The molecule has 4 heteroatoms. The molecule has 3 rings (SSSR count). The van der Waals surface area contributed by atoms with Gasteiger partial charge in [0.25, 0.3) is 0 Å². The van der Waals surface area contributed by atoms with Crippen molar-refractivity contribution < 1.29 is 9.59 Å². The average Bonchev–Trinajstić information content (AvgIpc) is 3.45. The largest absolute Gasteiger partial charge is 0.353 e. The van der Waals surface area contributed by atoms with Crippen molar-refractivity contribution in [3.05, 3.63) is 35.4 Å². The molecule has 1 saturated heterocycles. The third-order valence-corrected chi connectivity index (χ3v) is 5.17. The van der Waals surface area contributed by atoms with Crippen LogP contribution >= 0.6 is 0 Å². The molecule has 130 valence electrons. The molecule has 1 N–H and O–H groups in total. The van der Waals surface area contributed by atoms with Crippen LogP contribution in [-0.2, 0) is 22.4 Å². The number of nitrogens with one attached hydrogen (secondary N) is 1. The van der Waals surface area contributed by atoms with E-state index in [4.69, 9.17) is 0 Å². The van der Waals surface area contributed by atoms with Crippen molar-refractivity contribution in [2.24, 2.45) is 5.92 Å². The molecule has 1 heterocycles. The van der Waals surface area contributed by atoms with Crippen LogP contribution in [0, 0.1) is 5.92 Å². The number of likely N-dealkylation sites (tertiary alicyclic amines) is 1. The summed E-state index contributed by atoms with van der Waals surface area (Å²) >= 11 is 0. The van der Waals surface area contributed by atoms with E-state index in [0.29, 0.717) is 18.2 Å². The highest BCUT2D eigenvalue weighted by Gasteiger charge is 2.34. The first-order valence-electron chi connectivity index (χ1n) is 9.31. The fraction of sp³-hybridized carbons (Fsp3) is 0.600. The Bertz CT molecular complexity index is 570. The van der Waals surface area contributed by atoms with Gasteiger partial charge in [0, 0.05) is 31.5 Å². The van der Waals surface area contributed by atoms with E-state index >= 15 is 0 Å². The Balaban J connectivity index is 1.36. The zero-order valence-electron chi connectivity index (χ0n) is 14.6. The topological polar surface area (TPSA) is 49.4 Å². The Morgan fingerprint density at radius 1 is 1.04 bits per heavy atom. The number of nitrogens with zero attached hydrogens (tertiary/aromatic N) is 1. The molecule has 2 amide bonds. The molecule has 1 aliphatic heterocycles. The van der Waals surface area contributed by atoms with Crippen molar-refractivity contribution >= 4 is 11.8 Å². The third-order valence-electron chi connectivity index (χ3n) is 5.17. The monoisotopic (exact) mass is 328 g/mol. The molecule has 0 unspecified atom stereocenters. The fourth-order valence-electron chi connectivity index (χ4n) is 3.33. The number of carbonyl (C=O) groups is 2. The van der Waals surface area contributed by atoms with Crippen LogP contribution in [0.15, 0.2) is 24.3 Å². The number of rotatable bonds is 6. The van der Waals surface area contributed by atoms with E-state index in [1.165, 1.54) is 11.1 Å². The number of hydrogen-bond donors (Lipinski definition) is 1. The number of benzene rings is 1. The molecule has 1 saturated carbocycles. The summed E-state index contributed by atoms with van der Waals surface area (Å²) in [6.07, 6.45) is 6.26.